The van der Waals surface area contributed by atoms with Crippen LogP contribution in [0.25, 0.3) is 0 Å². The number of methoxy groups -OCH3 is 1. The minimum Gasteiger partial charge on any atom is -0.464 e. The Morgan fingerprint density at radius 2 is 1.97 bits per heavy atom. The van der Waals surface area contributed by atoms with Crippen LogP contribution in [-0.4, -0.2) is 45.9 Å². The molecule has 9 nitrogen and oxygen atoms in total. The lowest BCUT2D eigenvalue weighted by Gasteiger charge is -2.31. The highest BCUT2D eigenvalue weighted by Crippen LogP contribution is 2.33. The van der Waals surface area contributed by atoms with Crippen LogP contribution < -0.4 is 10.6 Å². The van der Waals surface area contributed by atoms with E-state index in [1.54, 1.807) is 10.9 Å². The molecule has 2 aliphatic rings. The summed E-state index contributed by atoms with van der Waals surface area (Å²) in [6, 6.07) is 1.64. The molecule has 2 aliphatic carbocycles. The monoisotopic (exact) mass is 431 g/mol. The highest BCUT2D eigenvalue weighted by molar-refractivity contribution is 7.18. The molecule has 10 heteroatoms. The first-order chi connectivity index (χ1) is 14.5. The van der Waals surface area contributed by atoms with Gasteiger partial charge < -0.3 is 15.4 Å². The summed E-state index contributed by atoms with van der Waals surface area (Å²) in [5.74, 6) is -0.546. The molecule has 0 spiro atoms. The lowest BCUT2D eigenvalue weighted by Crippen LogP contribution is -2.43. The van der Waals surface area contributed by atoms with Gasteiger partial charge in [-0.25, -0.2) is 9.48 Å². The van der Waals surface area contributed by atoms with Crippen LogP contribution in [-0.2, 0) is 9.53 Å². The lowest BCUT2D eigenvalue weighted by molar-refractivity contribution is -0.117. The Bertz CT molecular complexity index is 964. The molecule has 0 bridgehead atoms. The fraction of sp³-hybridized carbons (Fsp3) is 0.550. The summed E-state index contributed by atoms with van der Waals surface area (Å²) in [4.78, 5) is 37.3. The van der Waals surface area contributed by atoms with Crippen LogP contribution in [0.4, 0.5) is 5.00 Å². The van der Waals surface area contributed by atoms with Crippen LogP contribution >= 0.6 is 11.3 Å². The van der Waals surface area contributed by atoms with Gasteiger partial charge in [-0.3, -0.25) is 9.59 Å². The van der Waals surface area contributed by atoms with E-state index in [4.69, 9.17) is 4.74 Å². The molecular weight excluding hydrogens is 406 g/mol. The molecular formula is C20H25N5O4S. The molecule has 0 aliphatic heterocycles. The maximum absolute atomic E-state index is 13.0. The van der Waals surface area contributed by atoms with Gasteiger partial charge in [-0.05, 0) is 44.2 Å². The van der Waals surface area contributed by atoms with Crippen molar-refractivity contribution in [1.29, 1.82) is 0 Å². The third-order valence-corrected chi connectivity index (χ3v) is 6.76. The Morgan fingerprint density at radius 3 is 2.70 bits per heavy atom. The molecule has 0 saturated heterocycles. The zero-order chi connectivity index (χ0) is 21.3. The van der Waals surface area contributed by atoms with E-state index in [9.17, 15) is 14.4 Å². The number of aromatic nitrogens is 3. The van der Waals surface area contributed by atoms with E-state index >= 15 is 0 Å². The van der Waals surface area contributed by atoms with Crippen molar-refractivity contribution in [3.8, 4) is 0 Å². The summed E-state index contributed by atoms with van der Waals surface area (Å²) >= 11 is 1.30. The topological polar surface area (TPSA) is 115 Å². The summed E-state index contributed by atoms with van der Waals surface area (Å²) in [7, 11) is 1.30. The number of amides is 2. The van der Waals surface area contributed by atoms with Gasteiger partial charge in [-0.1, -0.05) is 18.1 Å². The lowest BCUT2D eigenvalue weighted by atomic mass is 9.90. The highest BCUT2D eigenvalue weighted by Gasteiger charge is 2.32. The number of nitrogens with one attached hydrogen (secondary N) is 2. The number of hydrogen-bond donors (Lipinski definition) is 2. The molecule has 0 aromatic carbocycles. The molecule has 2 heterocycles. The number of ether oxygens (including phenoxy) is 1. The molecule has 2 aromatic rings. The minimum atomic E-state index is -0.535. The van der Waals surface area contributed by atoms with Crippen LogP contribution in [0.3, 0.4) is 0 Å². The summed E-state index contributed by atoms with van der Waals surface area (Å²) in [5.41, 5.74) is 0.989. The second-order valence-corrected chi connectivity index (χ2v) is 8.95. The van der Waals surface area contributed by atoms with Crippen LogP contribution in [0.15, 0.2) is 12.3 Å². The largest absolute Gasteiger partial charge is 0.464 e. The maximum atomic E-state index is 13.0. The predicted molar refractivity (Wildman–Crippen MR) is 111 cm³/mol. The van der Waals surface area contributed by atoms with Gasteiger partial charge in [0.1, 0.15) is 0 Å². The Labute approximate surface area is 178 Å². The number of thiophene rings is 1. The van der Waals surface area contributed by atoms with Crippen LogP contribution in [0.2, 0.25) is 0 Å². The second-order valence-electron chi connectivity index (χ2n) is 7.89. The van der Waals surface area contributed by atoms with Gasteiger partial charge in [0.2, 0.25) is 5.91 Å². The van der Waals surface area contributed by atoms with Crippen molar-refractivity contribution >= 4 is 34.1 Å². The Balaban J connectivity index is 1.45. The summed E-state index contributed by atoms with van der Waals surface area (Å²) in [5, 5.41) is 14.7. The molecule has 2 fully saturated rings. The number of esters is 1. The summed E-state index contributed by atoms with van der Waals surface area (Å²) in [6.45, 7) is 1.87. The number of nitrogens with zero attached hydrogens (tertiary/aromatic N) is 3. The van der Waals surface area contributed by atoms with Gasteiger partial charge in [0.25, 0.3) is 5.91 Å². The maximum Gasteiger partial charge on any atom is 0.360 e. The van der Waals surface area contributed by atoms with E-state index in [1.807, 2.05) is 13.0 Å². The third-order valence-electron chi connectivity index (χ3n) is 5.61. The van der Waals surface area contributed by atoms with Crippen molar-refractivity contribution in [3.05, 3.63) is 28.4 Å². The van der Waals surface area contributed by atoms with Crippen molar-refractivity contribution in [1.82, 2.24) is 20.3 Å². The van der Waals surface area contributed by atoms with Gasteiger partial charge >= 0.3 is 5.97 Å². The first-order valence-electron chi connectivity index (χ1n) is 10.2. The Morgan fingerprint density at radius 1 is 1.20 bits per heavy atom. The molecule has 2 aromatic heterocycles. The van der Waals surface area contributed by atoms with Crippen LogP contribution in [0, 0.1) is 12.8 Å². The number of anilines is 1. The van der Waals surface area contributed by atoms with Crippen molar-refractivity contribution in [2.45, 2.75) is 57.5 Å². The van der Waals surface area contributed by atoms with Crippen LogP contribution in [0.1, 0.15) is 70.3 Å². The number of rotatable bonds is 6. The van der Waals surface area contributed by atoms with Crippen molar-refractivity contribution in [2.75, 3.05) is 12.4 Å². The first kappa shape index (κ1) is 20.5. The average Bonchev–Trinajstić information content (AvgIpc) is 3.37. The standard InChI is InChI=1S/C20H25N5O4S/c1-11-9-16(22-18(26)12-7-8-12)30-17(11)19(27)21-13-5-3-4-6-15(13)25-10-14(23-24-25)20(28)29-2/h9-10,12-13,15H,3-8H2,1-2H3,(H,21,27)(H,22,26)/t13-,15+/m1/s1. The molecule has 2 amide bonds. The Hall–Kier alpha value is -2.75. The quantitative estimate of drug-likeness (QED) is 0.680. The van der Waals surface area contributed by atoms with Gasteiger partial charge in [0, 0.05) is 5.92 Å². The molecule has 0 radical (unpaired) electrons. The van der Waals surface area contributed by atoms with Crippen molar-refractivity contribution in [3.63, 3.8) is 0 Å². The fourth-order valence-electron chi connectivity index (χ4n) is 3.81. The van der Waals surface area contributed by atoms with Gasteiger partial charge in [0.05, 0.1) is 35.3 Å². The Kier molecular flexibility index (Phi) is 5.85. The van der Waals surface area contributed by atoms with E-state index < -0.39 is 5.97 Å². The zero-order valence-corrected chi connectivity index (χ0v) is 17.8. The van der Waals surface area contributed by atoms with Crippen molar-refractivity contribution in [2.24, 2.45) is 5.92 Å². The fourth-order valence-corrected chi connectivity index (χ4v) is 4.78. The predicted octanol–water partition coefficient (Wildman–Crippen LogP) is 2.70. The molecule has 0 unspecified atom stereocenters. The smallest absolute Gasteiger partial charge is 0.360 e. The zero-order valence-electron chi connectivity index (χ0n) is 17.0. The number of carbonyl (C=O) groups is 3. The third kappa shape index (κ3) is 4.38. The normalized spacial score (nSPS) is 21.1. The number of carbonyl (C=O) groups excluding carboxylic acids is 3. The molecule has 2 N–H and O–H groups in total. The SMILES string of the molecule is COC(=O)c1cn([C@H]2CCCC[C@H]2NC(=O)c2sc(NC(=O)C3CC3)cc2C)nn1. The highest BCUT2D eigenvalue weighted by atomic mass is 32.1. The van der Waals surface area contributed by atoms with E-state index in [-0.39, 0.29) is 35.5 Å². The van der Waals surface area contributed by atoms with Gasteiger partial charge in [0.15, 0.2) is 5.69 Å². The van der Waals surface area contributed by atoms with Gasteiger partial charge in [-0.15, -0.1) is 16.4 Å². The number of aryl methyl sites for hydroxylation is 1. The summed E-state index contributed by atoms with van der Waals surface area (Å²) in [6.07, 6.45) is 7.12. The van der Waals surface area contributed by atoms with E-state index in [1.165, 1.54) is 18.4 Å². The molecule has 2 saturated carbocycles. The molecule has 4 rings (SSSR count). The van der Waals surface area contributed by atoms with Gasteiger partial charge in [-0.2, -0.15) is 0 Å². The van der Waals surface area contributed by atoms with Crippen LogP contribution in [0.5, 0.6) is 0 Å². The van der Waals surface area contributed by atoms with Crippen molar-refractivity contribution < 1.29 is 19.1 Å². The first-order valence-corrected chi connectivity index (χ1v) is 11.0. The summed E-state index contributed by atoms with van der Waals surface area (Å²) < 4.78 is 6.35. The molecule has 2 atom stereocenters. The van der Waals surface area contributed by atoms with E-state index in [0.29, 0.717) is 9.88 Å². The van der Waals surface area contributed by atoms with E-state index in [0.717, 1.165) is 44.1 Å². The minimum absolute atomic E-state index is 0.0307. The average molecular weight is 432 g/mol. The van der Waals surface area contributed by atoms with E-state index in [2.05, 4.69) is 20.9 Å². The molecule has 30 heavy (non-hydrogen) atoms. The second kappa shape index (κ2) is 8.55. The number of hydrogen-bond acceptors (Lipinski definition) is 7. The molecule has 160 valence electrons.